The molecule has 0 radical (unpaired) electrons. The second-order valence-electron chi connectivity index (χ2n) is 14.0. The van der Waals surface area contributed by atoms with Gasteiger partial charge in [-0.3, -0.25) is 14.5 Å². The maximum absolute atomic E-state index is 16.0. The molecule has 5 atom stereocenters. The summed E-state index contributed by atoms with van der Waals surface area (Å²) in [5.41, 5.74) is -0.907. The van der Waals surface area contributed by atoms with Gasteiger partial charge in [-0.1, -0.05) is 50.3 Å². The maximum Gasteiger partial charge on any atom is 0.410 e. The van der Waals surface area contributed by atoms with Crippen LogP contribution in [0.25, 0.3) is 11.3 Å². The molecule has 1 aromatic heterocycles. The molecular weight excluding hydrogens is 625 g/mol. The highest BCUT2D eigenvalue weighted by Crippen LogP contribution is 2.46. The predicted molar refractivity (Wildman–Crippen MR) is 172 cm³/mol. The summed E-state index contributed by atoms with van der Waals surface area (Å²) in [5, 5.41) is 0. The summed E-state index contributed by atoms with van der Waals surface area (Å²) in [6.45, 7) is 13.5. The van der Waals surface area contributed by atoms with E-state index < -0.39 is 70.9 Å². The topological polar surface area (TPSA) is 94.0 Å². The molecule has 0 spiro atoms. The highest BCUT2D eigenvalue weighted by Gasteiger charge is 2.59. The minimum atomic E-state index is -1.58. The van der Waals surface area contributed by atoms with E-state index >= 15 is 8.78 Å². The Morgan fingerprint density at radius 1 is 1.08 bits per heavy atom. The van der Waals surface area contributed by atoms with Crippen LogP contribution in [0.2, 0.25) is 0 Å². The zero-order chi connectivity index (χ0) is 35.1. The number of carbonyl (C=O) groups is 3. The lowest BCUT2D eigenvalue weighted by molar-refractivity contribution is -0.172. The van der Waals surface area contributed by atoms with Gasteiger partial charge in [-0.05, 0) is 44.5 Å². The zero-order valence-electron chi connectivity index (χ0n) is 28.0. The number of ether oxygens (including phenoxy) is 2. The Labute approximate surface area is 278 Å². The van der Waals surface area contributed by atoms with E-state index in [4.69, 9.17) is 14.5 Å². The van der Waals surface area contributed by atoms with Gasteiger partial charge >= 0.3 is 12.1 Å². The second kappa shape index (κ2) is 13.1. The maximum atomic E-state index is 16.0. The molecular formula is C36H41F3N4O5. The first-order chi connectivity index (χ1) is 22.5. The summed E-state index contributed by atoms with van der Waals surface area (Å²) in [7, 11) is 0. The molecule has 256 valence electrons. The third-order valence-corrected chi connectivity index (χ3v) is 8.79. The smallest absolute Gasteiger partial charge is 0.410 e. The number of likely N-dealkylation sites (tertiary alicyclic amines) is 2. The van der Waals surface area contributed by atoms with Gasteiger partial charge in [0.25, 0.3) is 5.91 Å². The molecule has 0 N–H and O–H groups in total. The number of esters is 1. The molecule has 9 nitrogen and oxygen atoms in total. The van der Waals surface area contributed by atoms with Crippen molar-refractivity contribution in [1.82, 2.24) is 19.4 Å². The van der Waals surface area contributed by atoms with Crippen LogP contribution in [-0.4, -0.2) is 74.3 Å². The molecule has 0 saturated carbocycles. The van der Waals surface area contributed by atoms with Crippen molar-refractivity contribution in [1.29, 1.82) is 0 Å². The van der Waals surface area contributed by atoms with E-state index in [0.717, 1.165) is 35.6 Å². The Bertz CT molecular complexity index is 1700. The van der Waals surface area contributed by atoms with E-state index in [1.807, 2.05) is 44.2 Å². The van der Waals surface area contributed by atoms with E-state index in [0.29, 0.717) is 5.82 Å². The van der Waals surface area contributed by atoms with Crippen LogP contribution in [0.15, 0.2) is 67.4 Å². The molecule has 3 heterocycles. The minimum Gasteiger partial charge on any atom is -0.450 e. The molecule has 2 saturated heterocycles. The largest absolute Gasteiger partial charge is 0.450 e. The molecule has 0 aliphatic carbocycles. The Morgan fingerprint density at radius 2 is 1.77 bits per heavy atom. The third-order valence-electron chi connectivity index (χ3n) is 8.79. The number of amides is 2. The Balaban J connectivity index is 1.65. The number of nitrogens with zero attached hydrogens (tertiary/aromatic N) is 4. The second-order valence-corrected chi connectivity index (χ2v) is 14.0. The lowest BCUT2D eigenvalue weighted by Crippen LogP contribution is -2.63. The quantitative estimate of drug-likeness (QED) is 0.202. The van der Waals surface area contributed by atoms with Gasteiger partial charge in [0.1, 0.15) is 29.2 Å². The molecule has 2 fully saturated rings. The number of fused-ring (bicyclic) bond motifs is 1. The molecule has 48 heavy (non-hydrogen) atoms. The first-order valence-electron chi connectivity index (χ1n) is 15.8. The van der Waals surface area contributed by atoms with E-state index in [1.54, 1.807) is 37.6 Å². The van der Waals surface area contributed by atoms with Crippen LogP contribution in [0.4, 0.5) is 18.0 Å². The van der Waals surface area contributed by atoms with Crippen LogP contribution in [0.5, 0.6) is 0 Å². The van der Waals surface area contributed by atoms with Gasteiger partial charge in [-0.15, -0.1) is 6.58 Å². The first-order valence-corrected chi connectivity index (χ1v) is 15.8. The summed E-state index contributed by atoms with van der Waals surface area (Å²) in [4.78, 5) is 47.5. The van der Waals surface area contributed by atoms with Crippen LogP contribution >= 0.6 is 0 Å². The number of piperidine rings is 1. The van der Waals surface area contributed by atoms with Crippen LogP contribution in [-0.2, 0) is 25.6 Å². The van der Waals surface area contributed by atoms with Gasteiger partial charge in [0.05, 0.1) is 24.3 Å². The van der Waals surface area contributed by atoms with Crippen LogP contribution in [0.1, 0.15) is 59.0 Å². The number of rotatable bonds is 8. The average molecular weight is 667 g/mol. The summed E-state index contributed by atoms with van der Waals surface area (Å²) in [6, 6.07) is 10.4. The van der Waals surface area contributed by atoms with Crippen molar-refractivity contribution in [2.75, 3.05) is 13.1 Å². The van der Waals surface area contributed by atoms with Crippen molar-refractivity contribution in [3.8, 4) is 11.3 Å². The van der Waals surface area contributed by atoms with Crippen LogP contribution in [0, 0.1) is 23.0 Å². The number of alkyl halides is 1. The molecule has 2 aromatic carbocycles. The number of imidazole rings is 1. The normalized spacial score (nSPS) is 21.9. The van der Waals surface area contributed by atoms with E-state index in [9.17, 15) is 18.8 Å². The Hall–Kier alpha value is -4.61. The minimum absolute atomic E-state index is 0.0753. The molecule has 2 aliphatic rings. The van der Waals surface area contributed by atoms with Crippen molar-refractivity contribution >= 4 is 18.0 Å². The van der Waals surface area contributed by atoms with Gasteiger partial charge in [0.15, 0.2) is 0 Å². The van der Waals surface area contributed by atoms with E-state index in [-0.39, 0.29) is 30.9 Å². The lowest BCUT2D eigenvalue weighted by Gasteiger charge is -2.48. The van der Waals surface area contributed by atoms with Crippen molar-refractivity contribution in [3.05, 3.63) is 90.4 Å². The third kappa shape index (κ3) is 6.97. The summed E-state index contributed by atoms with van der Waals surface area (Å²) in [6.07, 6.45) is -0.722. The van der Waals surface area contributed by atoms with E-state index in [2.05, 4.69) is 6.58 Å². The Kier molecular flexibility index (Phi) is 9.49. The number of aromatic nitrogens is 2. The fourth-order valence-electron chi connectivity index (χ4n) is 6.54. The fourth-order valence-corrected chi connectivity index (χ4v) is 6.54. The predicted octanol–water partition coefficient (Wildman–Crippen LogP) is 6.48. The molecule has 3 aromatic rings. The molecule has 5 rings (SSSR count). The molecule has 2 amide bonds. The monoisotopic (exact) mass is 666 g/mol. The highest BCUT2D eigenvalue weighted by molar-refractivity contribution is 5.87. The van der Waals surface area contributed by atoms with Gasteiger partial charge in [-0.2, -0.15) is 0 Å². The zero-order valence-corrected chi connectivity index (χ0v) is 28.0. The molecule has 0 bridgehead atoms. The standard InChI is InChI=1S/C36H41F3N4O5/c1-8-36(6,7)31(32-40-28(24-16-23(37)14-15-26(24)38)20-41(32)17-22-12-10-9-11-13-22)43-18-25-27(39)19-42(34(46)48-35(3,4)5)29(25)30(33(43)45)47-21(2)44/h8-16,20,25,27,29-31H,1,17-19H2,2-7H3. The van der Waals surface area contributed by atoms with Crippen LogP contribution < -0.4 is 0 Å². The van der Waals surface area contributed by atoms with Gasteiger partial charge in [0, 0.05) is 43.1 Å². The van der Waals surface area contributed by atoms with Crippen molar-refractivity contribution < 1.29 is 37.0 Å². The van der Waals surface area contributed by atoms with E-state index in [1.165, 1.54) is 4.90 Å². The average Bonchev–Trinajstić information content (AvgIpc) is 3.56. The number of benzene rings is 2. The summed E-state index contributed by atoms with van der Waals surface area (Å²) < 4.78 is 58.3. The van der Waals surface area contributed by atoms with Gasteiger partial charge in [0.2, 0.25) is 6.10 Å². The highest BCUT2D eigenvalue weighted by atomic mass is 19.1. The fraction of sp³-hybridized carbons (Fsp3) is 0.444. The number of hydrogen-bond acceptors (Lipinski definition) is 6. The first kappa shape index (κ1) is 34.7. The van der Waals surface area contributed by atoms with Crippen molar-refractivity contribution in [2.45, 2.75) is 78.0 Å². The molecule has 5 unspecified atom stereocenters. The number of carbonyl (C=O) groups excluding carboxylic acids is 3. The summed E-state index contributed by atoms with van der Waals surface area (Å²) >= 11 is 0. The molecule has 12 heteroatoms. The van der Waals surface area contributed by atoms with Crippen molar-refractivity contribution in [2.24, 2.45) is 11.3 Å². The van der Waals surface area contributed by atoms with Crippen molar-refractivity contribution in [3.63, 3.8) is 0 Å². The van der Waals surface area contributed by atoms with Gasteiger partial charge < -0.3 is 18.9 Å². The lowest BCUT2D eigenvalue weighted by atomic mass is 9.79. The van der Waals surface area contributed by atoms with Gasteiger partial charge in [-0.25, -0.2) is 22.9 Å². The number of halogens is 3. The van der Waals surface area contributed by atoms with Crippen LogP contribution in [0.3, 0.4) is 0 Å². The SMILES string of the molecule is C=CC(C)(C)C(c1nc(-c2cc(F)ccc2F)cn1Cc1ccccc1)N1CC2C(F)CN(C(=O)OC(C)(C)C)C2C(OC(C)=O)C1=O. The number of hydrogen-bond donors (Lipinski definition) is 0. The Morgan fingerprint density at radius 3 is 2.40 bits per heavy atom. The molecule has 2 aliphatic heterocycles. The summed E-state index contributed by atoms with van der Waals surface area (Å²) in [5.74, 6) is -3.43.